The van der Waals surface area contributed by atoms with Crippen LogP contribution >= 0.6 is 11.6 Å². The Morgan fingerprint density at radius 3 is 2.87 bits per heavy atom. The SMILES string of the molecule is C[C@@H](C(=O)O)N1CCC[C@H](c2nc(-c3ccc(Cl)cc3)no2)C1. The number of carboxylic acid groups (broad SMARTS) is 1. The van der Waals surface area contributed by atoms with Crippen LogP contribution in [0.25, 0.3) is 11.4 Å². The maximum absolute atomic E-state index is 11.2. The predicted molar refractivity (Wildman–Crippen MR) is 85.4 cm³/mol. The second kappa shape index (κ2) is 6.68. The third kappa shape index (κ3) is 3.54. The Labute approximate surface area is 139 Å². The van der Waals surface area contributed by atoms with Crippen LogP contribution in [0.2, 0.25) is 5.02 Å². The van der Waals surface area contributed by atoms with Gasteiger partial charge < -0.3 is 9.63 Å². The fraction of sp³-hybridized carbons (Fsp3) is 0.438. The second-order valence-electron chi connectivity index (χ2n) is 5.81. The second-order valence-corrected chi connectivity index (χ2v) is 6.25. The summed E-state index contributed by atoms with van der Waals surface area (Å²) < 4.78 is 5.41. The molecule has 1 aliphatic rings. The first-order valence-electron chi connectivity index (χ1n) is 7.61. The van der Waals surface area contributed by atoms with Gasteiger partial charge in [0.2, 0.25) is 11.7 Å². The normalized spacial score (nSPS) is 20.3. The summed E-state index contributed by atoms with van der Waals surface area (Å²) in [7, 11) is 0. The lowest BCUT2D eigenvalue weighted by molar-refractivity contribution is -0.143. The molecule has 2 heterocycles. The van der Waals surface area contributed by atoms with E-state index in [0.717, 1.165) is 24.9 Å². The van der Waals surface area contributed by atoms with E-state index in [1.54, 1.807) is 19.1 Å². The lowest BCUT2D eigenvalue weighted by Gasteiger charge is -2.33. The number of rotatable bonds is 4. The third-order valence-corrected chi connectivity index (χ3v) is 4.50. The fourth-order valence-electron chi connectivity index (χ4n) is 2.83. The molecule has 7 heteroatoms. The third-order valence-electron chi connectivity index (χ3n) is 4.25. The molecule has 0 unspecified atom stereocenters. The molecule has 3 rings (SSSR count). The largest absolute Gasteiger partial charge is 0.480 e. The summed E-state index contributed by atoms with van der Waals surface area (Å²) in [6.07, 6.45) is 1.84. The zero-order valence-electron chi connectivity index (χ0n) is 12.8. The van der Waals surface area contributed by atoms with Crippen LogP contribution in [0, 0.1) is 0 Å². The number of benzene rings is 1. The van der Waals surface area contributed by atoms with Crippen molar-refractivity contribution >= 4 is 17.6 Å². The van der Waals surface area contributed by atoms with Gasteiger partial charge in [-0.05, 0) is 50.6 Å². The van der Waals surface area contributed by atoms with Gasteiger partial charge in [0.1, 0.15) is 6.04 Å². The van der Waals surface area contributed by atoms with E-state index in [0.29, 0.717) is 23.3 Å². The van der Waals surface area contributed by atoms with Gasteiger partial charge in [-0.3, -0.25) is 9.69 Å². The van der Waals surface area contributed by atoms with E-state index in [-0.39, 0.29) is 5.92 Å². The molecule has 2 aromatic rings. The molecular weight excluding hydrogens is 318 g/mol. The van der Waals surface area contributed by atoms with Gasteiger partial charge in [-0.15, -0.1) is 0 Å². The summed E-state index contributed by atoms with van der Waals surface area (Å²) in [6.45, 7) is 3.11. The molecular formula is C16H18ClN3O3. The molecule has 122 valence electrons. The smallest absolute Gasteiger partial charge is 0.320 e. The van der Waals surface area contributed by atoms with Crippen LogP contribution in [-0.4, -0.2) is 45.2 Å². The summed E-state index contributed by atoms with van der Waals surface area (Å²) in [5.41, 5.74) is 0.843. The van der Waals surface area contributed by atoms with Crippen molar-refractivity contribution < 1.29 is 14.4 Å². The highest BCUT2D eigenvalue weighted by Crippen LogP contribution is 2.28. The van der Waals surface area contributed by atoms with Crippen molar-refractivity contribution in [2.45, 2.75) is 31.7 Å². The topological polar surface area (TPSA) is 79.5 Å². The van der Waals surface area contributed by atoms with Crippen molar-refractivity contribution in [2.24, 2.45) is 0 Å². The Bertz CT molecular complexity index is 686. The number of carboxylic acids is 1. The van der Waals surface area contributed by atoms with Gasteiger partial charge in [0, 0.05) is 17.1 Å². The average Bonchev–Trinajstić information content (AvgIpc) is 3.05. The number of piperidine rings is 1. The van der Waals surface area contributed by atoms with E-state index in [9.17, 15) is 4.79 Å². The zero-order chi connectivity index (χ0) is 16.4. The molecule has 1 aliphatic heterocycles. The fourth-order valence-corrected chi connectivity index (χ4v) is 2.96. The molecule has 0 amide bonds. The van der Waals surface area contributed by atoms with Crippen molar-refractivity contribution in [3.05, 3.63) is 35.2 Å². The highest BCUT2D eigenvalue weighted by atomic mass is 35.5. The molecule has 23 heavy (non-hydrogen) atoms. The van der Waals surface area contributed by atoms with Gasteiger partial charge >= 0.3 is 5.97 Å². The number of hydrogen-bond donors (Lipinski definition) is 1. The van der Waals surface area contributed by atoms with Gasteiger partial charge in [-0.1, -0.05) is 16.8 Å². The summed E-state index contributed by atoms with van der Waals surface area (Å²) in [5.74, 6) is 0.356. The van der Waals surface area contributed by atoms with E-state index in [1.165, 1.54) is 0 Å². The molecule has 1 saturated heterocycles. The lowest BCUT2D eigenvalue weighted by Crippen LogP contribution is -2.44. The molecule has 0 radical (unpaired) electrons. The lowest BCUT2D eigenvalue weighted by atomic mass is 9.97. The standard InChI is InChI=1S/C16H18ClN3O3/c1-10(16(21)22)20-8-2-3-12(9-20)15-18-14(19-23-15)11-4-6-13(17)7-5-11/h4-7,10,12H,2-3,8-9H2,1H3,(H,21,22)/t10-,12-/m0/s1. The summed E-state index contributed by atoms with van der Waals surface area (Å²) >= 11 is 5.88. The zero-order valence-corrected chi connectivity index (χ0v) is 13.5. The molecule has 0 spiro atoms. The highest BCUT2D eigenvalue weighted by Gasteiger charge is 2.30. The summed E-state index contributed by atoms with van der Waals surface area (Å²) in [6, 6.07) is 6.75. The number of aliphatic carboxylic acids is 1. The quantitative estimate of drug-likeness (QED) is 0.925. The van der Waals surface area contributed by atoms with Crippen molar-refractivity contribution in [2.75, 3.05) is 13.1 Å². The van der Waals surface area contributed by atoms with Gasteiger partial charge in [-0.25, -0.2) is 0 Å². The van der Waals surface area contributed by atoms with Gasteiger partial charge in [0.05, 0.1) is 5.92 Å². The van der Waals surface area contributed by atoms with Crippen LogP contribution in [0.3, 0.4) is 0 Å². The summed E-state index contributed by atoms with van der Waals surface area (Å²) in [5, 5.41) is 13.9. The van der Waals surface area contributed by atoms with Crippen molar-refractivity contribution in [1.29, 1.82) is 0 Å². The maximum Gasteiger partial charge on any atom is 0.320 e. The molecule has 0 saturated carbocycles. The number of likely N-dealkylation sites (tertiary alicyclic amines) is 1. The Morgan fingerprint density at radius 1 is 1.43 bits per heavy atom. The number of halogens is 1. The highest BCUT2D eigenvalue weighted by molar-refractivity contribution is 6.30. The van der Waals surface area contributed by atoms with Gasteiger partial charge in [0.15, 0.2) is 0 Å². The van der Waals surface area contributed by atoms with Crippen LogP contribution in [-0.2, 0) is 4.79 Å². The van der Waals surface area contributed by atoms with Crippen LogP contribution in [0.4, 0.5) is 0 Å². The monoisotopic (exact) mass is 335 g/mol. The Kier molecular flexibility index (Phi) is 4.63. The average molecular weight is 336 g/mol. The first-order valence-corrected chi connectivity index (χ1v) is 7.99. The Hall–Kier alpha value is -1.92. The summed E-state index contributed by atoms with van der Waals surface area (Å²) in [4.78, 5) is 17.6. The first kappa shape index (κ1) is 16.0. The number of carbonyl (C=O) groups is 1. The first-order chi connectivity index (χ1) is 11.0. The maximum atomic E-state index is 11.2. The minimum absolute atomic E-state index is 0.0686. The number of hydrogen-bond acceptors (Lipinski definition) is 5. The van der Waals surface area contributed by atoms with Crippen LogP contribution in [0.15, 0.2) is 28.8 Å². The van der Waals surface area contributed by atoms with Crippen LogP contribution in [0.1, 0.15) is 31.6 Å². The predicted octanol–water partition coefficient (Wildman–Crippen LogP) is 3.04. The van der Waals surface area contributed by atoms with Gasteiger partial charge in [0.25, 0.3) is 0 Å². The van der Waals surface area contributed by atoms with Crippen LogP contribution < -0.4 is 0 Å². The Balaban J connectivity index is 1.74. The molecule has 1 aromatic heterocycles. The molecule has 1 aromatic carbocycles. The number of nitrogens with zero attached hydrogens (tertiary/aromatic N) is 3. The van der Waals surface area contributed by atoms with E-state index in [2.05, 4.69) is 10.1 Å². The van der Waals surface area contributed by atoms with Gasteiger partial charge in [-0.2, -0.15) is 4.98 Å². The minimum atomic E-state index is -0.807. The number of aromatic nitrogens is 2. The van der Waals surface area contributed by atoms with E-state index in [1.807, 2.05) is 17.0 Å². The molecule has 6 nitrogen and oxygen atoms in total. The van der Waals surface area contributed by atoms with E-state index < -0.39 is 12.0 Å². The van der Waals surface area contributed by atoms with Crippen molar-refractivity contribution in [3.63, 3.8) is 0 Å². The molecule has 2 atom stereocenters. The van der Waals surface area contributed by atoms with E-state index >= 15 is 0 Å². The minimum Gasteiger partial charge on any atom is -0.480 e. The Morgan fingerprint density at radius 2 is 2.17 bits per heavy atom. The molecule has 1 fully saturated rings. The molecule has 0 aliphatic carbocycles. The van der Waals surface area contributed by atoms with E-state index in [4.69, 9.17) is 21.2 Å². The van der Waals surface area contributed by atoms with Crippen molar-refractivity contribution in [3.8, 4) is 11.4 Å². The van der Waals surface area contributed by atoms with Crippen molar-refractivity contribution in [1.82, 2.24) is 15.0 Å². The molecule has 1 N–H and O–H groups in total. The molecule has 0 bridgehead atoms. The van der Waals surface area contributed by atoms with Crippen LogP contribution in [0.5, 0.6) is 0 Å².